The van der Waals surface area contributed by atoms with Crippen molar-refractivity contribution in [1.29, 1.82) is 0 Å². The first-order valence-electron chi connectivity index (χ1n) is 31.1. The molecule has 0 saturated carbocycles. The topological polar surface area (TPSA) is 321 Å². The number of carbonyl (C=O) groups is 9. The Morgan fingerprint density at radius 2 is 0.663 bits per heavy atom. The van der Waals surface area contributed by atoms with Crippen LogP contribution in [0.4, 0.5) is 4.79 Å². The lowest BCUT2D eigenvalue weighted by Gasteiger charge is -2.31. The van der Waals surface area contributed by atoms with Gasteiger partial charge in [-0.3, -0.25) is 58.0 Å². The number of nitrogens with zero attached hydrogens (tertiary/aromatic N) is 4. The molecule has 4 aliphatic rings. The Labute approximate surface area is 537 Å². The highest BCUT2D eigenvalue weighted by atomic mass is 16.6. The van der Waals surface area contributed by atoms with Crippen molar-refractivity contribution < 1.29 is 66.8 Å². The average molecular weight is 1280 g/mol. The summed E-state index contributed by atoms with van der Waals surface area (Å²) in [5.74, 6) is -3.73. The number of fused-ring (bicyclic) bond motifs is 16. The Bertz CT molecular complexity index is 3160. The van der Waals surface area contributed by atoms with Gasteiger partial charge in [0.15, 0.2) is 0 Å². The van der Waals surface area contributed by atoms with Crippen LogP contribution in [0.25, 0.3) is 0 Å². The lowest BCUT2D eigenvalue weighted by atomic mass is 10.0. The number of benzene rings is 4. The smallest absolute Gasteiger partial charge is 0.407 e. The molecule has 498 valence electrons. The van der Waals surface area contributed by atoms with Crippen molar-refractivity contribution in [2.75, 3.05) is 159 Å². The van der Waals surface area contributed by atoms with Gasteiger partial charge in [-0.25, -0.2) is 4.79 Å². The number of hydrogen-bond donors (Lipinski definition) is 9. The Morgan fingerprint density at radius 1 is 0.402 bits per heavy atom. The second-order valence-corrected chi connectivity index (χ2v) is 23.3. The van der Waals surface area contributed by atoms with E-state index in [4.69, 9.17) is 23.7 Å². The summed E-state index contributed by atoms with van der Waals surface area (Å²) in [7, 11) is 5.54. The van der Waals surface area contributed by atoms with E-state index < -0.39 is 65.0 Å². The normalized spacial score (nSPS) is 20.9. The van der Waals surface area contributed by atoms with Crippen molar-refractivity contribution >= 4 is 53.4 Å². The largest absolute Gasteiger partial charge is 0.495 e. The van der Waals surface area contributed by atoms with Crippen LogP contribution in [0.2, 0.25) is 0 Å². The first kappa shape index (κ1) is 70.4. The molecule has 3 atom stereocenters. The van der Waals surface area contributed by atoms with Gasteiger partial charge in [-0.05, 0) is 88.6 Å². The molecule has 0 aliphatic carbocycles. The van der Waals surface area contributed by atoms with Crippen LogP contribution in [0.15, 0.2) is 72.8 Å². The zero-order valence-corrected chi connectivity index (χ0v) is 53.8. The van der Waals surface area contributed by atoms with Gasteiger partial charge in [0.1, 0.15) is 28.6 Å². The molecule has 8 rings (SSSR count). The maximum Gasteiger partial charge on any atom is 0.407 e. The van der Waals surface area contributed by atoms with Gasteiger partial charge in [0.2, 0.25) is 0 Å². The molecule has 3 unspecified atom stereocenters. The number of amides is 9. The number of hydrogen-bond acceptors (Lipinski definition) is 18. The van der Waals surface area contributed by atoms with Gasteiger partial charge >= 0.3 is 6.09 Å². The SMILES string of the molecule is COc1c2cccc1C(=O)NCCN1CCNC(=O)c3cccc(c3OC)C(=O)NCCN(CCNC2=O)CCN2CCNC(=O)c3cccc(c3OC)C(=O)NCCN(CC1)CC(CCCCNC(=O)OC(C)(C)C)NC(=O)c1cccc(c1OC)C(=O)NCC2. The Kier molecular flexibility index (Phi) is 26.8. The molecular formula is C65H89N13O14. The van der Waals surface area contributed by atoms with E-state index >= 15 is 0 Å². The number of alkyl carbamates (subject to hydrolysis) is 1. The lowest BCUT2D eigenvalue weighted by Crippen LogP contribution is -2.49. The van der Waals surface area contributed by atoms with E-state index in [-0.39, 0.29) is 179 Å². The summed E-state index contributed by atoms with van der Waals surface area (Å²) in [5.41, 5.74) is 0.283. The maximum atomic E-state index is 14.8. The number of nitrogens with one attached hydrogen (secondary N) is 9. The minimum atomic E-state index is -0.708. The van der Waals surface area contributed by atoms with E-state index in [0.29, 0.717) is 38.9 Å². The van der Waals surface area contributed by atoms with Gasteiger partial charge < -0.3 is 71.5 Å². The van der Waals surface area contributed by atoms with E-state index in [0.717, 1.165) is 0 Å². The first-order chi connectivity index (χ1) is 44.3. The minimum Gasteiger partial charge on any atom is -0.495 e. The molecule has 0 aromatic heterocycles. The van der Waals surface area contributed by atoms with E-state index in [1.54, 1.807) is 93.6 Å². The standard InChI is InChI=1S/C65H89N13O14/c1-65(2,3)92-64(87)73-23-9-8-14-43-42-78-37-30-72-61(84)49-20-12-19-48(54(49)90-6)58(81)68-26-33-76(34-27-71-62(85)50-21-13-22-51(55(50)91-7)63(86)74-43)39-38-75-31-24-66-56(79)44-15-10-17-46(52(44)88-4)59(82)69-28-35-77(40-41-78)36-29-70-60(83)47-18-11-16-45(53(47)89-5)57(80)67-25-32-75/h10-13,15-22,43H,8-9,14,23-42H2,1-7H3,(H,66,79)(H,67,80)(H,68,81)(H,69,82)(H,70,83)(H,71,85)(H,72,84)(H,73,87)(H,74,86). The van der Waals surface area contributed by atoms with Gasteiger partial charge in [0, 0.05) is 137 Å². The highest BCUT2D eigenvalue weighted by Gasteiger charge is 2.28. The summed E-state index contributed by atoms with van der Waals surface area (Å²) in [6.45, 7) is 9.45. The fourth-order valence-corrected chi connectivity index (χ4v) is 11.1. The lowest BCUT2D eigenvalue weighted by molar-refractivity contribution is 0.0525. The van der Waals surface area contributed by atoms with Crippen molar-refractivity contribution in [2.45, 2.75) is 51.7 Å². The molecule has 12 bridgehead atoms. The second kappa shape index (κ2) is 35.0. The van der Waals surface area contributed by atoms with E-state index in [9.17, 15) is 43.2 Å². The van der Waals surface area contributed by atoms with Crippen LogP contribution in [0.1, 0.15) is 123 Å². The van der Waals surface area contributed by atoms with Crippen LogP contribution in [0, 0.1) is 0 Å². The monoisotopic (exact) mass is 1280 g/mol. The van der Waals surface area contributed by atoms with E-state index in [2.05, 4.69) is 52.8 Å². The highest BCUT2D eigenvalue weighted by molar-refractivity contribution is 6.07. The van der Waals surface area contributed by atoms with Crippen molar-refractivity contribution in [3.63, 3.8) is 0 Å². The zero-order valence-electron chi connectivity index (χ0n) is 53.8. The third-order valence-electron chi connectivity index (χ3n) is 15.8. The van der Waals surface area contributed by atoms with Crippen molar-refractivity contribution in [3.8, 4) is 23.0 Å². The Balaban J connectivity index is 1.34. The quantitative estimate of drug-likeness (QED) is 0.108. The van der Waals surface area contributed by atoms with Crippen molar-refractivity contribution in [3.05, 3.63) is 117 Å². The average Bonchev–Trinajstić information content (AvgIpc) is 1.11. The van der Waals surface area contributed by atoms with Crippen LogP contribution in [-0.2, 0) is 4.74 Å². The van der Waals surface area contributed by atoms with Crippen LogP contribution in [0.5, 0.6) is 23.0 Å². The molecule has 9 amide bonds. The second-order valence-electron chi connectivity index (χ2n) is 23.3. The Hall–Kier alpha value is -9.05. The van der Waals surface area contributed by atoms with Gasteiger partial charge in [-0.2, -0.15) is 0 Å². The van der Waals surface area contributed by atoms with Gasteiger partial charge in [-0.15, -0.1) is 0 Å². The van der Waals surface area contributed by atoms with E-state index in [1.807, 2.05) is 14.7 Å². The molecule has 0 saturated heterocycles. The summed E-state index contributed by atoms with van der Waals surface area (Å²) in [6, 6.07) is 18.4. The van der Waals surface area contributed by atoms with Gasteiger partial charge in [0.05, 0.1) is 72.9 Å². The van der Waals surface area contributed by atoms with Crippen molar-refractivity contribution in [1.82, 2.24) is 67.5 Å². The molecule has 0 fully saturated rings. The molecule has 4 aromatic rings. The molecule has 9 N–H and O–H groups in total. The van der Waals surface area contributed by atoms with Gasteiger partial charge in [0.25, 0.3) is 47.3 Å². The molecule has 0 radical (unpaired) electrons. The summed E-state index contributed by atoms with van der Waals surface area (Å²) in [5, 5.41) is 27.0. The van der Waals surface area contributed by atoms with Crippen LogP contribution >= 0.6 is 0 Å². The molecule has 92 heavy (non-hydrogen) atoms. The predicted octanol–water partition coefficient (Wildman–Crippen LogP) is 1.97. The number of unbranched alkanes of at least 4 members (excludes halogenated alkanes) is 1. The molecular weight excluding hydrogens is 1190 g/mol. The fourth-order valence-electron chi connectivity index (χ4n) is 11.1. The fraction of sp³-hybridized carbons (Fsp3) is 0.492. The first-order valence-corrected chi connectivity index (χ1v) is 31.1. The van der Waals surface area contributed by atoms with Crippen molar-refractivity contribution in [2.24, 2.45) is 0 Å². The molecule has 4 aromatic carbocycles. The van der Waals surface area contributed by atoms with Crippen LogP contribution in [0.3, 0.4) is 0 Å². The zero-order chi connectivity index (χ0) is 66.2. The molecule has 4 aliphatic heterocycles. The number of methoxy groups -OCH3 is 4. The molecule has 27 nitrogen and oxygen atoms in total. The number of ether oxygens (including phenoxy) is 5. The molecule has 0 spiro atoms. The third-order valence-corrected chi connectivity index (χ3v) is 15.8. The van der Waals surface area contributed by atoms with E-state index in [1.165, 1.54) is 28.4 Å². The number of rotatable bonds is 9. The summed E-state index contributed by atoms with van der Waals surface area (Å²) < 4.78 is 28.6. The maximum absolute atomic E-state index is 14.8. The summed E-state index contributed by atoms with van der Waals surface area (Å²) in [4.78, 5) is 135. The molecule has 27 heteroatoms. The predicted molar refractivity (Wildman–Crippen MR) is 343 cm³/mol. The number of para-hydroxylation sites is 4. The summed E-state index contributed by atoms with van der Waals surface area (Å²) in [6.07, 6.45) is 0.856. The van der Waals surface area contributed by atoms with Gasteiger partial charge in [-0.1, -0.05) is 24.3 Å². The summed E-state index contributed by atoms with van der Waals surface area (Å²) >= 11 is 0. The third kappa shape index (κ3) is 20.2. The Morgan fingerprint density at radius 3 is 0.935 bits per heavy atom. The molecule has 4 heterocycles. The van der Waals surface area contributed by atoms with Crippen LogP contribution < -0.4 is 66.8 Å². The number of carbonyl (C=O) groups excluding carboxylic acids is 9. The highest BCUT2D eigenvalue weighted by Crippen LogP contribution is 2.28. The van der Waals surface area contributed by atoms with Crippen LogP contribution in [-0.4, -0.2) is 244 Å². The minimum absolute atomic E-state index is 0.0513.